The Bertz CT molecular complexity index is 1410. The highest BCUT2D eigenvalue weighted by atomic mass is 16.2. The van der Waals surface area contributed by atoms with Gasteiger partial charge in [0.05, 0.1) is 11.9 Å². The second-order valence-corrected chi connectivity index (χ2v) is 11.3. The van der Waals surface area contributed by atoms with Crippen LogP contribution in [0, 0.1) is 25.2 Å². The molecule has 194 valence electrons. The number of fused-ring (bicyclic) bond motifs is 2. The van der Waals surface area contributed by atoms with E-state index >= 15 is 0 Å². The van der Waals surface area contributed by atoms with E-state index in [0.717, 1.165) is 23.1 Å². The zero-order chi connectivity index (χ0) is 26.6. The van der Waals surface area contributed by atoms with Gasteiger partial charge in [0.1, 0.15) is 17.6 Å². The zero-order valence-electron chi connectivity index (χ0n) is 22.3. The lowest BCUT2D eigenvalue weighted by Gasteiger charge is -2.28. The van der Waals surface area contributed by atoms with Crippen molar-refractivity contribution in [3.8, 4) is 11.1 Å². The van der Waals surface area contributed by atoms with Crippen LogP contribution in [0.4, 0.5) is 0 Å². The molecule has 2 aromatic heterocycles. The van der Waals surface area contributed by atoms with Crippen LogP contribution in [0.15, 0.2) is 18.5 Å². The highest BCUT2D eigenvalue weighted by molar-refractivity contribution is 6.09. The van der Waals surface area contributed by atoms with Crippen molar-refractivity contribution < 1.29 is 14.4 Å². The molecule has 37 heavy (non-hydrogen) atoms. The molecule has 1 aliphatic carbocycles. The molecule has 0 spiro atoms. The molecule has 3 aromatic rings. The van der Waals surface area contributed by atoms with Gasteiger partial charge in [-0.05, 0) is 60.8 Å². The normalized spacial score (nSPS) is 22.4. The molecule has 3 atom stereocenters. The van der Waals surface area contributed by atoms with Crippen LogP contribution in [0.2, 0.25) is 0 Å². The maximum absolute atomic E-state index is 14.0. The number of nitrogens with one attached hydrogen (secondary N) is 2. The average molecular weight is 503 g/mol. The number of carbonyl (C=O) groups excluding carboxylic acids is 3. The molecule has 9 heteroatoms. The Hall–Kier alpha value is -3.62. The van der Waals surface area contributed by atoms with Gasteiger partial charge in [0.2, 0.25) is 11.8 Å². The van der Waals surface area contributed by atoms with Crippen molar-refractivity contribution >= 4 is 28.5 Å². The number of Topliss-reactive ketones (excluding diaryl/α,β-unsaturated/α-hetero) is 1. The van der Waals surface area contributed by atoms with Gasteiger partial charge in [0.15, 0.2) is 5.78 Å². The highest BCUT2D eigenvalue weighted by Gasteiger charge is 2.64. The summed E-state index contributed by atoms with van der Waals surface area (Å²) >= 11 is 0. The van der Waals surface area contributed by atoms with Crippen molar-refractivity contribution in [1.29, 1.82) is 0 Å². The van der Waals surface area contributed by atoms with Gasteiger partial charge >= 0.3 is 0 Å². The zero-order valence-corrected chi connectivity index (χ0v) is 22.3. The number of ketones is 1. The number of likely N-dealkylation sites (tertiary alicyclic amines) is 1. The van der Waals surface area contributed by atoms with Crippen molar-refractivity contribution in [2.24, 2.45) is 11.3 Å². The quantitative estimate of drug-likeness (QED) is 0.477. The lowest BCUT2D eigenvalue weighted by Crippen LogP contribution is -2.49. The summed E-state index contributed by atoms with van der Waals surface area (Å²) in [5, 5.41) is 11.0. The topological polar surface area (TPSA) is 121 Å². The number of hydrogen-bond donors (Lipinski definition) is 2. The Labute approximate surface area is 216 Å². The smallest absolute Gasteiger partial charge is 0.242 e. The second-order valence-electron chi connectivity index (χ2n) is 11.3. The first-order valence-electron chi connectivity index (χ1n) is 12.9. The Morgan fingerprint density at radius 2 is 1.89 bits per heavy atom. The standard InChI is InChI=1S/C28H34N6O3/c1-14(2)11-31-27(37)21-9-28(6)10-22(28)34(21)23(36)8-20-19(18-12-29-17(5)30-13-18)7-15(3)25-24(20)26(16(4)35)33-32-25/h7,12-14,21-22H,8-11H2,1-6H3,(H,31,37)(H,32,33)/t21-,22+,28-/m0/s1. The van der Waals surface area contributed by atoms with Crippen molar-refractivity contribution in [2.75, 3.05) is 6.54 Å². The molecule has 0 unspecified atom stereocenters. The summed E-state index contributed by atoms with van der Waals surface area (Å²) in [7, 11) is 0. The van der Waals surface area contributed by atoms with E-state index in [1.165, 1.54) is 6.92 Å². The minimum Gasteiger partial charge on any atom is -0.354 e. The number of piperidine rings is 1. The summed E-state index contributed by atoms with van der Waals surface area (Å²) in [6.07, 6.45) is 5.08. The molecule has 2 aliphatic rings. The maximum atomic E-state index is 14.0. The minimum absolute atomic E-state index is 0.0219. The van der Waals surface area contributed by atoms with E-state index in [0.29, 0.717) is 46.9 Å². The lowest BCUT2D eigenvalue weighted by atomic mass is 9.91. The molecule has 2 N–H and O–H groups in total. The fourth-order valence-electron chi connectivity index (χ4n) is 5.68. The Morgan fingerprint density at radius 1 is 1.19 bits per heavy atom. The van der Waals surface area contributed by atoms with Crippen LogP contribution in [0.25, 0.3) is 22.0 Å². The third-order valence-electron chi connectivity index (χ3n) is 7.81. The minimum atomic E-state index is -0.487. The fraction of sp³-hybridized carbons (Fsp3) is 0.500. The van der Waals surface area contributed by atoms with Crippen LogP contribution >= 0.6 is 0 Å². The summed E-state index contributed by atoms with van der Waals surface area (Å²) in [6.45, 7) is 12.1. The Morgan fingerprint density at radius 3 is 2.54 bits per heavy atom. The molecule has 1 saturated carbocycles. The van der Waals surface area contributed by atoms with Crippen molar-refractivity contribution in [3.63, 3.8) is 0 Å². The van der Waals surface area contributed by atoms with E-state index in [-0.39, 0.29) is 35.5 Å². The van der Waals surface area contributed by atoms with E-state index in [1.54, 1.807) is 17.3 Å². The van der Waals surface area contributed by atoms with Gasteiger partial charge < -0.3 is 10.2 Å². The Balaban J connectivity index is 1.58. The summed E-state index contributed by atoms with van der Waals surface area (Å²) in [4.78, 5) is 50.2. The molecule has 3 heterocycles. The summed E-state index contributed by atoms with van der Waals surface area (Å²) in [5.41, 5.74) is 4.15. The van der Waals surface area contributed by atoms with Crippen LogP contribution < -0.4 is 5.32 Å². The first-order chi connectivity index (χ1) is 17.5. The summed E-state index contributed by atoms with van der Waals surface area (Å²) in [5.74, 6) is 0.600. The number of hydrogen-bond acceptors (Lipinski definition) is 6. The van der Waals surface area contributed by atoms with Gasteiger partial charge in [0.25, 0.3) is 0 Å². The van der Waals surface area contributed by atoms with Crippen LogP contribution in [0.5, 0.6) is 0 Å². The third kappa shape index (κ3) is 4.40. The van der Waals surface area contributed by atoms with E-state index in [2.05, 4.69) is 32.4 Å². The number of aromatic nitrogens is 4. The number of aryl methyl sites for hydroxylation is 2. The molecule has 2 amide bonds. The lowest BCUT2D eigenvalue weighted by molar-refractivity contribution is -0.139. The van der Waals surface area contributed by atoms with Crippen LogP contribution in [-0.4, -0.2) is 61.3 Å². The third-order valence-corrected chi connectivity index (χ3v) is 7.81. The second kappa shape index (κ2) is 9.04. The van der Waals surface area contributed by atoms with E-state index in [4.69, 9.17) is 0 Å². The molecule has 0 radical (unpaired) electrons. The van der Waals surface area contributed by atoms with Gasteiger partial charge in [-0.25, -0.2) is 9.97 Å². The van der Waals surface area contributed by atoms with Crippen molar-refractivity contribution in [2.45, 2.75) is 72.9 Å². The average Bonchev–Trinajstić information content (AvgIpc) is 3.17. The van der Waals surface area contributed by atoms with Gasteiger partial charge in [-0.2, -0.15) is 5.10 Å². The first-order valence-corrected chi connectivity index (χ1v) is 12.9. The van der Waals surface area contributed by atoms with Crippen LogP contribution in [-0.2, 0) is 16.0 Å². The van der Waals surface area contributed by atoms with Gasteiger partial charge in [-0.15, -0.1) is 0 Å². The van der Waals surface area contributed by atoms with Crippen molar-refractivity contribution in [1.82, 2.24) is 30.4 Å². The number of rotatable bonds is 7. The number of nitrogens with zero attached hydrogens (tertiary/aromatic N) is 4. The van der Waals surface area contributed by atoms with Crippen LogP contribution in [0.3, 0.4) is 0 Å². The number of aromatic amines is 1. The van der Waals surface area contributed by atoms with Gasteiger partial charge in [-0.1, -0.05) is 20.8 Å². The number of H-pyrrole nitrogens is 1. The molecule has 2 fully saturated rings. The Kier molecular flexibility index (Phi) is 6.12. The van der Waals surface area contributed by atoms with E-state index in [9.17, 15) is 14.4 Å². The van der Waals surface area contributed by atoms with Gasteiger partial charge in [-0.3, -0.25) is 19.5 Å². The molecule has 9 nitrogen and oxygen atoms in total. The molecule has 5 rings (SSSR count). The van der Waals surface area contributed by atoms with Crippen molar-refractivity contribution in [3.05, 3.63) is 41.1 Å². The highest BCUT2D eigenvalue weighted by Crippen LogP contribution is 2.59. The largest absolute Gasteiger partial charge is 0.354 e. The molecular weight excluding hydrogens is 468 g/mol. The number of carbonyl (C=O) groups is 3. The van der Waals surface area contributed by atoms with Crippen LogP contribution in [0.1, 0.15) is 68.0 Å². The molecular formula is C28H34N6O3. The summed E-state index contributed by atoms with van der Waals surface area (Å²) < 4.78 is 0. The molecule has 1 aliphatic heterocycles. The van der Waals surface area contributed by atoms with E-state index in [1.807, 2.05) is 33.8 Å². The first kappa shape index (κ1) is 25.0. The molecule has 0 bridgehead atoms. The molecule has 1 aromatic carbocycles. The summed E-state index contributed by atoms with van der Waals surface area (Å²) in [6, 6.07) is 1.54. The van der Waals surface area contributed by atoms with E-state index < -0.39 is 6.04 Å². The predicted molar refractivity (Wildman–Crippen MR) is 140 cm³/mol. The number of benzene rings is 1. The fourth-order valence-corrected chi connectivity index (χ4v) is 5.68. The maximum Gasteiger partial charge on any atom is 0.242 e. The van der Waals surface area contributed by atoms with Gasteiger partial charge in [0, 0.05) is 42.9 Å². The molecule has 1 saturated heterocycles. The predicted octanol–water partition coefficient (Wildman–Crippen LogP) is 3.53. The number of amides is 2. The monoisotopic (exact) mass is 502 g/mol. The SMILES string of the molecule is CC(=O)c1[nH]nc2c(C)cc(-c3cnc(C)nc3)c(CC(=O)N3[C@H](C(=O)NCC(C)C)C[C@@]4(C)C[C@@H]34)c12.